The molecule has 142 valence electrons. The van der Waals surface area contributed by atoms with E-state index >= 15 is 0 Å². The average molecular weight is 414 g/mol. The highest BCUT2D eigenvalue weighted by Crippen LogP contribution is 2.39. The molecule has 3 nitrogen and oxygen atoms in total. The van der Waals surface area contributed by atoms with Gasteiger partial charge in [-0.05, 0) is 24.6 Å². The van der Waals surface area contributed by atoms with Crippen LogP contribution in [-0.4, -0.2) is 12.1 Å². The third-order valence-electron chi connectivity index (χ3n) is 3.69. The van der Waals surface area contributed by atoms with Gasteiger partial charge in [-0.15, -0.1) is 11.3 Å². The third-order valence-corrected chi connectivity index (χ3v) is 5.46. The Morgan fingerprint density at radius 3 is 2.63 bits per heavy atom. The highest BCUT2D eigenvalue weighted by Gasteiger charge is 2.34. The molecule has 2 aromatic carbocycles. The van der Waals surface area contributed by atoms with Gasteiger partial charge in [0, 0.05) is 29.0 Å². The summed E-state index contributed by atoms with van der Waals surface area (Å²) in [6.07, 6.45) is -4.46. The number of aryl methyl sites for hydroxylation is 1. The van der Waals surface area contributed by atoms with Gasteiger partial charge in [-0.25, -0.2) is 9.37 Å². The van der Waals surface area contributed by atoms with Crippen molar-refractivity contribution in [3.05, 3.63) is 58.7 Å². The predicted molar refractivity (Wildman–Crippen MR) is 99.7 cm³/mol. The van der Waals surface area contributed by atoms with Crippen molar-refractivity contribution in [3.63, 3.8) is 0 Å². The molecule has 27 heavy (non-hydrogen) atoms. The first-order valence-corrected chi connectivity index (χ1v) is 9.38. The molecule has 0 unspecified atom stereocenters. The van der Waals surface area contributed by atoms with Crippen LogP contribution in [0.25, 0.3) is 10.6 Å². The Balaban J connectivity index is 1.82. The van der Waals surface area contributed by atoms with E-state index in [0.717, 1.165) is 29.4 Å². The number of hydrogen-bond donors (Lipinski definition) is 1. The van der Waals surface area contributed by atoms with Crippen molar-refractivity contribution < 1.29 is 22.3 Å². The molecule has 0 spiro atoms. The van der Waals surface area contributed by atoms with Gasteiger partial charge in [-0.2, -0.15) is 13.2 Å². The number of nitrogens with zero attached hydrogens (tertiary/aromatic N) is 1. The van der Waals surface area contributed by atoms with Crippen molar-refractivity contribution in [1.29, 1.82) is 0 Å². The molecular weight excluding hydrogens is 400 g/mol. The van der Waals surface area contributed by atoms with E-state index in [4.69, 9.17) is 4.74 Å². The first-order chi connectivity index (χ1) is 12.8. The third kappa shape index (κ3) is 4.36. The van der Waals surface area contributed by atoms with Crippen molar-refractivity contribution in [3.8, 4) is 16.3 Å². The fraction of sp³-hybridized carbons (Fsp3) is 0.167. The second-order valence-corrected chi connectivity index (χ2v) is 7.22. The van der Waals surface area contributed by atoms with Crippen LogP contribution in [0.3, 0.4) is 0 Å². The van der Waals surface area contributed by atoms with Crippen LogP contribution in [0.1, 0.15) is 11.1 Å². The van der Waals surface area contributed by atoms with Crippen LogP contribution in [0.15, 0.2) is 46.8 Å². The molecule has 3 aromatic rings. The molecule has 0 aliphatic carbocycles. The van der Waals surface area contributed by atoms with Gasteiger partial charge in [0.1, 0.15) is 21.6 Å². The molecule has 9 heteroatoms. The van der Waals surface area contributed by atoms with Crippen LogP contribution in [-0.2, 0) is 6.18 Å². The zero-order valence-corrected chi connectivity index (χ0v) is 15.9. The van der Waals surface area contributed by atoms with Gasteiger partial charge in [-0.3, -0.25) is 0 Å². The molecule has 0 aliphatic heterocycles. The Labute approximate surface area is 161 Å². The Kier molecular flexibility index (Phi) is 5.61. The molecule has 0 amide bonds. The molecule has 3 rings (SSSR count). The number of ether oxygens (including phenoxy) is 1. The molecule has 0 bridgehead atoms. The van der Waals surface area contributed by atoms with Gasteiger partial charge in [0.2, 0.25) is 0 Å². The van der Waals surface area contributed by atoms with Crippen LogP contribution in [0, 0.1) is 12.7 Å². The minimum absolute atomic E-state index is 0.0285. The van der Waals surface area contributed by atoms with E-state index in [1.54, 1.807) is 18.4 Å². The molecule has 0 atom stereocenters. The number of hydrogen-bond acceptors (Lipinski definition) is 5. The minimum Gasteiger partial charge on any atom is -0.495 e. The molecule has 1 N–H and O–H groups in total. The summed E-state index contributed by atoms with van der Waals surface area (Å²) in [5.41, 5.74) is 0.157. The fourth-order valence-electron chi connectivity index (χ4n) is 2.36. The Hall–Kier alpha value is -2.26. The zero-order chi connectivity index (χ0) is 19.6. The summed E-state index contributed by atoms with van der Waals surface area (Å²) in [5.74, 6) is 0.0660. The van der Waals surface area contributed by atoms with Crippen molar-refractivity contribution in [1.82, 2.24) is 4.98 Å². The molecule has 1 heterocycles. The van der Waals surface area contributed by atoms with Crippen LogP contribution < -0.4 is 9.46 Å². The van der Waals surface area contributed by atoms with E-state index in [9.17, 15) is 17.6 Å². The second-order valence-electron chi connectivity index (χ2n) is 5.54. The van der Waals surface area contributed by atoms with Crippen molar-refractivity contribution >= 4 is 29.0 Å². The summed E-state index contributed by atoms with van der Waals surface area (Å²) in [4.78, 5) is 4.25. The first kappa shape index (κ1) is 19.5. The summed E-state index contributed by atoms with van der Waals surface area (Å²) < 4.78 is 61.4. The maximum Gasteiger partial charge on any atom is 0.417 e. The number of halogens is 4. The van der Waals surface area contributed by atoms with E-state index < -0.39 is 17.6 Å². The minimum atomic E-state index is -4.46. The van der Waals surface area contributed by atoms with Gasteiger partial charge in [0.05, 0.1) is 18.4 Å². The number of thiazole rings is 1. The average Bonchev–Trinajstić information content (AvgIpc) is 3.10. The van der Waals surface area contributed by atoms with Crippen LogP contribution in [0.4, 0.5) is 23.2 Å². The van der Waals surface area contributed by atoms with E-state index in [0.29, 0.717) is 22.0 Å². The van der Waals surface area contributed by atoms with Gasteiger partial charge >= 0.3 is 6.18 Å². The largest absolute Gasteiger partial charge is 0.495 e. The molecule has 0 radical (unpaired) electrons. The highest BCUT2D eigenvalue weighted by molar-refractivity contribution is 8.00. The van der Waals surface area contributed by atoms with Crippen molar-refractivity contribution in [2.75, 3.05) is 11.8 Å². The number of nitrogens with one attached hydrogen (secondary N) is 1. The Morgan fingerprint density at radius 2 is 1.93 bits per heavy atom. The molecular formula is C18H14F4N2OS2. The smallest absolute Gasteiger partial charge is 0.417 e. The van der Waals surface area contributed by atoms with Crippen LogP contribution in [0.2, 0.25) is 0 Å². The van der Waals surface area contributed by atoms with Gasteiger partial charge in [-0.1, -0.05) is 18.2 Å². The van der Waals surface area contributed by atoms with Gasteiger partial charge in [0.15, 0.2) is 0 Å². The number of benzene rings is 2. The van der Waals surface area contributed by atoms with Gasteiger partial charge < -0.3 is 9.46 Å². The Bertz CT molecular complexity index is 957. The Morgan fingerprint density at radius 1 is 1.19 bits per heavy atom. The van der Waals surface area contributed by atoms with E-state index in [1.807, 2.05) is 0 Å². The lowest BCUT2D eigenvalue weighted by atomic mass is 10.1. The SMILES string of the molecule is COc1cc(C)c(F)cc1NSc1csc(-c2ccccc2C(F)(F)F)n1. The highest BCUT2D eigenvalue weighted by atomic mass is 32.2. The standard InChI is InChI=1S/C18H14F4N2OS2/c1-10-7-15(25-2)14(8-13(10)19)24-27-16-9-26-17(23-16)11-5-3-4-6-12(11)18(20,21)22/h3-9,24H,1-2H3. The maximum absolute atomic E-state index is 13.8. The number of alkyl halides is 3. The molecule has 0 fully saturated rings. The monoisotopic (exact) mass is 414 g/mol. The lowest BCUT2D eigenvalue weighted by Crippen LogP contribution is -2.06. The number of aromatic nitrogens is 1. The second kappa shape index (κ2) is 7.77. The topological polar surface area (TPSA) is 34.1 Å². The maximum atomic E-state index is 13.8. The number of methoxy groups -OCH3 is 1. The molecule has 1 aromatic heterocycles. The fourth-order valence-corrected chi connectivity index (χ4v) is 3.98. The summed E-state index contributed by atoms with van der Waals surface area (Å²) in [5, 5.41) is 2.36. The lowest BCUT2D eigenvalue weighted by Gasteiger charge is -2.11. The summed E-state index contributed by atoms with van der Waals surface area (Å²) in [6, 6.07) is 8.16. The van der Waals surface area contributed by atoms with E-state index in [2.05, 4.69) is 9.71 Å². The number of anilines is 1. The van der Waals surface area contributed by atoms with Crippen LogP contribution in [0.5, 0.6) is 5.75 Å². The first-order valence-electron chi connectivity index (χ1n) is 7.68. The van der Waals surface area contributed by atoms with Crippen molar-refractivity contribution in [2.24, 2.45) is 0 Å². The summed E-state index contributed by atoms with van der Waals surface area (Å²) in [7, 11) is 1.47. The summed E-state index contributed by atoms with van der Waals surface area (Å²) in [6.45, 7) is 1.62. The molecule has 0 aliphatic rings. The van der Waals surface area contributed by atoms with Crippen molar-refractivity contribution in [2.45, 2.75) is 18.1 Å². The number of rotatable bonds is 5. The predicted octanol–water partition coefficient (Wildman–Crippen LogP) is 6.40. The van der Waals surface area contributed by atoms with Gasteiger partial charge in [0.25, 0.3) is 0 Å². The van der Waals surface area contributed by atoms with Crippen LogP contribution >= 0.6 is 23.3 Å². The quantitative estimate of drug-likeness (QED) is 0.387. The van der Waals surface area contributed by atoms with E-state index in [-0.39, 0.29) is 10.6 Å². The summed E-state index contributed by atoms with van der Waals surface area (Å²) >= 11 is 2.17. The lowest BCUT2D eigenvalue weighted by molar-refractivity contribution is -0.137. The zero-order valence-electron chi connectivity index (χ0n) is 14.2. The van der Waals surface area contributed by atoms with E-state index in [1.165, 1.54) is 31.4 Å². The normalized spacial score (nSPS) is 11.5. The molecule has 0 saturated carbocycles. The molecule has 0 saturated heterocycles.